The van der Waals surface area contributed by atoms with E-state index in [2.05, 4.69) is 0 Å². The summed E-state index contributed by atoms with van der Waals surface area (Å²) >= 11 is 0. The van der Waals surface area contributed by atoms with Gasteiger partial charge in [0.2, 0.25) is 0 Å². The molecule has 9 nitrogen and oxygen atoms in total. The van der Waals surface area contributed by atoms with Gasteiger partial charge in [-0.1, -0.05) is 0 Å². The molecule has 0 aromatic carbocycles. The minimum Gasteiger partial charge on any atom is -0.356 e. The second kappa shape index (κ2) is 22.7. The summed E-state index contributed by atoms with van der Waals surface area (Å²) in [5, 5.41) is 36.8. The standard InChI is InChI=1S/C2H3N.Cu.2NO3/c1-2-3;;2*2-1(3)4/h1H3;;;/q;+2;2*-1. The molecule has 10 heteroatoms. The third-order valence-electron chi connectivity index (χ3n) is 0. The summed E-state index contributed by atoms with van der Waals surface area (Å²) in [5.74, 6) is 0. The van der Waals surface area contributed by atoms with Crippen molar-refractivity contribution in [1.29, 1.82) is 5.26 Å². The van der Waals surface area contributed by atoms with Gasteiger partial charge in [0.1, 0.15) is 0 Å². The van der Waals surface area contributed by atoms with Crippen molar-refractivity contribution in [3.8, 4) is 6.07 Å². The van der Waals surface area contributed by atoms with Crippen molar-refractivity contribution in [1.82, 2.24) is 0 Å². The van der Waals surface area contributed by atoms with Crippen molar-refractivity contribution >= 4 is 0 Å². The smallest absolute Gasteiger partial charge is 0.356 e. The molecule has 0 saturated heterocycles. The minimum atomic E-state index is -1.75. The number of nitrogens with zero attached hydrogens (tertiary/aromatic N) is 3. The molecule has 0 rings (SSSR count). The number of hydrogen-bond donors (Lipinski definition) is 0. The number of rotatable bonds is 0. The van der Waals surface area contributed by atoms with Crippen LogP contribution in [0.15, 0.2) is 0 Å². The van der Waals surface area contributed by atoms with Crippen LogP contribution in [-0.4, -0.2) is 10.2 Å². The maximum absolute atomic E-state index is 8.25. The van der Waals surface area contributed by atoms with Gasteiger partial charge < -0.3 is 30.6 Å². The van der Waals surface area contributed by atoms with E-state index in [0.29, 0.717) is 0 Å². The zero-order chi connectivity index (χ0) is 9.86. The predicted octanol–water partition coefficient (Wildman–Crippen LogP) is 0.0492. The Morgan fingerprint density at radius 2 is 1.08 bits per heavy atom. The van der Waals surface area contributed by atoms with Gasteiger partial charge in [-0.05, 0) is 0 Å². The van der Waals surface area contributed by atoms with Crippen molar-refractivity contribution < 1.29 is 27.2 Å². The Balaban J connectivity index is -0.0000000389. The second-order valence-corrected chi connectivity index (χ2v) is 0.671. The van der Waals surface area contributed by atoms with Crippen LogP contribution in [0.5, 0.6) is 0 Å². The Hall–Kier alpha value is -1.59. The molecule has 0 heterocycles. The van der Waals surface area contributed by atoms with Crippen LogP contribution in [0.1, 0.15) is 6.92 Å². The summed E-state index contributed by atoms with van der Waals surface area (Å²) < 4.78 is 0. The van der Waals surface area contributed by atoms with Crippen molar-refractivity contribution in [2.45, 2.75) is 6.92 Å². The first-order valence-electron chi connectivity index (χ1n) is 1.82. The second-order valence-electron chi connectivity index (χ2n) is 0.671. The van der Waals surface area contributed by atoms with E-state index in [1.54, 1.807) is 6.07 Å². The molecule has 0 unspecified atom stereocenters. The monoisotopic (exact) mass is 228 g/mol. The Morgan fingerprint density at radius 1 is 1.08 bits per heavy atom. The first-order chi connectivity index (χ1) is 4.88. The molecule has 0 bridgehead atoms. The average Bonchev–Trinajstić information content (AvgIpc) is 1.60. The van der Waals surface area contributed by atoms with Gasteiger partial charge in [0.05, 0.1) is 16.2 Å². The largest absolute Gasteiger partial charge is 2.00 e. The van der Waals surface area contributed by atoms with Crippen LogP contribution in [0.3, 0.4) is 0 Å². The molecule has 1 radical (unpaired) electrons. The molecule has 0 aliphatic carbocycles. The fourth-order valence-electron chi connectivity index (χ4n) is 0. The fraction of sp³-hybridized carbons (Fsp3) is 0.500. The van der Waals surface area contributed by atoms with Crippen LogP contribution < -0.4 is 0 Å². The molecule has 0 spiro atoms. The van der Waals surface area contributed by atoms with Crippen molar-refractivity contribution in [3.05, 3.63) is 30.6 Å². The van der Waals surface area contributed by atoms with Gasteiger partial charge >= 0.3 is 17.1 Å². The first-order valence-corrected chi connectivity index (χ1v) is 1.82. The maximum atomic E-state index is 8.25. The minimum absolute atomic E-state index is 0. The molecule has 0 N–H and O–H groups in total. The molecule has 0 aromatic heterocycles. The topological polar surface area (TPSA) is 156 Å². The Morgan fingerprint density at radius 3 is 1.08 bits per heavy atom. The molecule has 0 amide bonds. The van der Waals surface area contributed by atoms with Crippen LogP contribution in [0.4, 0.5) is 0 Å². The van der Waals surface area contributed by atoms with E-state index in [9.17, 15) is 0 Å². The number of nitriles is 1. The Labute approximate surface area is 76.9 Å². The SMILES string of the molecule is CC#N.O=[N+]([O-])[O-].O=[N+]([O-])[O-].[Cu+2]. The quantitative estimate of drug-likeness (QED) is 0.322. The molecule has 12 heavy (non-hydrogen) atoms. The summed E-state index contributed by atoms with van der Waals surface area (Å²) in [5.41, 5.74) is 0. The summed E-state index contributed by atoms with van der Waals surface area (Å²) in [4.78, 5) is 16.5. The van der Waals surface area contributed by atoms with Crippen LogP contribution >= 0.6 is 0 Å². The molecule has 0 atom stereocenters. The van der Waals surface area contributed by atoms with Crippen LogP contribution in [0.2, 0.25) is 0 Å². The van der Waals surface area contributed by atoms with E-state index in [1.165, 1.54) is 6.92 Å². The van der Waals surface area contributed by atoms with E-state index < -0.39 is 10.2 Å². The van der Waals surface area contributed by atoms with Gasteiger partial charge in [-0.15, -0.1) is 0 Å². The van der Waals surface area contributed by atoms with E-state index in [1.807, 2.05) is 0 Å². The first kappa shape index (κ1) is 22.4. The van der Waals surface area contributed by atoms with Gasteiger partial charge in [0.25, 0.3) is 0 Å². The predicted molar refractivity (Wildman–Crippen MR) is 32.0 cm³/mol. The van der Waals surface area contributed by atoms with Crippen LogP contribution in [0, 0.1) is 42.0 Å². The molecule has 0 fully saturated rings. The van der Waals surface area contributed by atoms with Crippen molar-refractivity contribution in [3.63, 3.8) is 0 Å². The average molecular weight is 229 g/mol. The molecular formula is C2H3CuN3O6. The van der Waals surface area contributed by atoms with Crippen LogP contribution in [0.25, 0.3) is 0 Å². The zero-order valence-electron chi connectivity index (χ0n) is 5.59. The van der Waals surface area contributed by atoms with E-state index in [-0.39, 0.29) is 17.1 Å². The third-order valence-corrected chi connectivity index (χ3v) is 0. The van der Waals surface area contributed by atoms with Gasteiger partial charge in [-0.2, -0.15) is 5.26 Å². The number of hydrogen-bond acceptors (Lipinski definition) is 7. The molecule has 0 aromatic rings. The summed E-state index contributed by atoms with van der Waals surface area (Å²) in [6.07, 6.45) is 0. The Bertz CT molecular complexity index is 133. The molecule has 0 saturated carbocycles. The summed E-state index contributed by atoms with van der Waals surface area (Å²) in [7, 11) is 0. The van der Waals surface area contributed by atoms with Gasteiger partial charge in [-0.25, -0.2) is 0 Å². The van der Waals surface area contributed by atoms with Gasteiger partial charge in [-0.3, -0.25) is 0 Å². The van der Waals surface area contributed by atoms with Crippen molar-refractivity contribution in [2.75, 3.05) is 0 Å². The summed E-state index contributed by atoms with van der Waals surface area (Å²) in [6, 6.07) is 1.75. The zero-order valence-corrected chi connectivity index (χ0v) is 6.53. The molecular weight excluding hydrogens is 226 g/mol. The van der Waals surface area contributed by atoms with Crippen molar-refractivity contribution in [2.24, 2.45) is 0 Å². The summed E-state index contributed by atoms with van der Waals surface area (Å²) in [6.45, 7) is 1.43. The Kier molecular flexibility index (Phi) is 42.5. The molecule has 0 aliphatic rings. The van der Waals surface area contributed by atoms with E-state index in [0.717, 1.165) is 0 Å². The van der Waals surface area contributed by atoms with E-state index in [4.69, 9.17) is 35.9 Å². The third kappa shape index (κ3) is 183. The van der Waals surface area contributed by atoms with Crippen LogP contribution in [-0.2, 0) is 17.1 Å². The fourth-order valence-corrected chi connectivity index (χ4v) is 0. The maximum Gasteiger partial charge on any atom is 2.00 e. The molecule has 73 valence electrons. The molecule has 0 aliphatic heterocycles. The van der Waals surface area contributed by atoms with E-state index >= 15 is 0 Å². The normalized spacial score (nSPS) is 4.67. The van der Waals surface area contributed by atoms with Gasteiger partial charge in [0, 0.05) is 6.92 Å². The van der Waals surface area contributed by atoms with Gasteiger partial charge in [0.15, 0.2) is 0 Å².